The van der Waals surface area contributed by atoms with Gasteiger partial charge in [-0.25, -0.2) is 0 Å². The second kappa shape index (κ2) is 7.80. The molecule has 0 spiro atoms. The average Bonchev–Trinajstić information content (AvgIpc) is 2.14. The van der Waals surface area contributed by atoms with Crippen molar-refractivity contribution in [3.05, 3.63) is 35.9 Å². The van der Waals surface area contributed by atoms with Crippen LogP contribution in [0.4, 0.5) is 0 Å². The van der Waals surface area contributed by atoms with Crippen LogP contribution in [0.2, 0.25) is 0 Å². The normalized spacial score (nSPS) is 9.93. The Kier molecular flexibility index (Phi) is 7.48. The van der Waals surface area contributed by atoms with Gasteiger partial charge in [0.05, 0.1) is 0 Å². The van der Waals surface area contributed by atoms with Gasteiger partial charge in [-0.15, -0.1) is 12.4 Å². The monoisotopic (exact) mass is 214 g/mol. The fraction of sp³-hybridized carbons (Fsp3) is 0.455. The Bertz CT molecular complexity index is 224. The molecule has 0 amide bonds. The number of hydrogen-bond acceptors (Lipinski definition) is 2. The van der Waals surface area contributed by atoms with E-state index in [1.807, 2.05) is 6.07 Å². The van der Waals surface area contributed by atoms with Gasteiger partial charge >= 0.3 is 0 Å². The molecule has 1 aromatic rings. The van der Waals surface area contributed by atoms with Crippen LogP contribution in [0.5, 0.6) is 0 Å². The fourth-order valence-electron chi connectivity index (χ4n) is 1.13. The van der Waals surface area contributed by atoms with Crippen molar-refractivity contribution in [3.8, 4) is 0 Å². The maximum atomic E-state index is 3.18. The molecule has 0 aromatic heterocycles. The Morgan fingerprint density at radius 1 is 1.14 bits per heavy atom. The number of benzene rings is 1. The third-order valence-electron chi connectivity index (χ3n) is 1.77. The van der Waals surface area contributed by atoms with E-state index in [0.717, 1.165) is 13.0 Å². The van der Waals surface area contributed by atoms with Gasteiger partial charge in [0, 0.05) is 12.6 Å². The van der Waals surface area contributed by atoms with Crippen LogP contribution in [0, 0.1) is 0 Å². The minimum absolute atomic E-state index is 0. The van der Waals surface area contributed by atoms with E-state index in [1.165, 1.54) is 5.56 Å². The maximum Gasteiger partial charge on any atom is 0.0156 e. The van der Waals surface area contributed by atoms with Gasteiger partial charge in [0.1, 0.15) is 0 Å². The van der Waals surface area contributed by atoms with Gasteiger partial charge in [-0.05, 0) is 25.8 Å². The number of rotatable bonds is 5. The second-order valence-corrected chi connectivity index (χ2v) is 3.46. The standard InChI is InChI=1S/C11H18N2.ClH/c1-10(2)13-12-9-8-11-6-4-3-5-7-11;/h3-7,10,12-13H,8-9H2,1-2H3;1H. The zero-order valence-electron chi connectivity index (χ0n) is 8.79. The summed E-state index contributed by atoms with van der Waals surface area (Å²) in [5.74, 6) is 0. The van der Waals surface area contributed by atoms with Gasteiger partial charge in [-0.3, -0.25) is 10.9 Å². The van der Waals surface area contributed by atoms with Gasteiger partial charge in [0.2, 0.25) is 0 Å². The van der Waals surface area contributed by atoms with Crippen molar-refractivity contribution in [2.45, 2.75) is 26.3 Å². The first-order valence-corrected chi connectivity index (χ1v) is 4.81. The molecule has 0 heterocycles. The molecule has 0 unspecified atom stereocenters. The lowest BCUT2D eigenvalue weighted by atomic mass is 10.2. The highest BCUT2D eigenvalue weighted by molar-refractivity contribution is 5.85. The highest BCUT2D eigenvalue weighted by atomic mass is 35.5. The van der Waals surface area contributed by atoms with Crippen LogP contribution in [-0.4, -0.2) is 12.6 Å². The van der Waals surface area contributed by atoms with Gasteiger partial charge in [0.25, 0.3) is 0 Å². The van der Waals surface area contributed by atoms with Gasteiger partial charge < -0.3 is 0 Å². The van der Waals surface area contributed by atoms with Gasteiger partial charge in [-0.1, -0.05) is 30.3 Å². The quantitative estimate of drug-likeness (QED) is 0.580. The first-order chi connectivity index (χ1) is 6.29. The molecule has 0 aliphatic carbocycles. The summed E-state index contributed by atoms with van der Waals surface area (Å²) < 4.78 is 0. The van der Waals surface area contributed by atoms with Crippen LogP contribution in [0.1, 0.15) is 19.4 Å². The second-order valence-electron chi connectivity index (χ2n) is 3.46. The Labute approximate surface area is 92.5 Å². The lowest BCUT2D eigenvalue weighted by molar-refractivity contribution is 0.475. The van der Waals surface area contributed by atoms with Crippen molar-refractivity contribution in [2.75, 3.05) is 6.54 Å². The topological polar surface area (TPSA) is 24.1 Å². The molecule has 0 fully saturated rings. The van der Waals surface area contributed by atoms with Gasteiger partial charge in [-0.2, -0.15) is 0 Å². The molecule has 0 aliphatic rings. The molecule has 14 heavy (non-hydrogen) atoms. The van der Waals surface area contributed by atoms with E-state index >= 15 is 0 Å². The molecule has 0 radical (unpaired) electrons. The summed E-state index contributed by atoms with van der Waals surface area (Å²) in [5, 5.41) is 0. The maximum absolute atomic E-state index is 3.18. The minimum Gasteiger partial charge on any atom is -0.257 e. The molecular formula is C11H19ClN2. The van der Waals surface area contributed by atoms with Crippen molar-refractivity contribution in [2.24, 2.45) is 0 Å². The highest BCUT2D eigenvalue weighted by Gasteiger charge is 1.92. The molecule has 1 rings (SSSR count). The summed E-state index contributed by atoms with van der Waals surface area (Å²) in [4.78, 5) is 0. The minimum atomic E-state index is 0. The molecule has 2 N–H and O–H groups in total. The summed E-state index contributed by atoms with van der Waals surface area (Å²) >= 11 is 0. The summed E-state index contributed by atoms with van der Waals surface area (Å²) in [6, 6.07) is 11.0. The molecular weight excluding hydrogens is 196 g/mol. The van der Waals surface area contributed by atoms with E-state index in [0.29, 0.717) is 6.04 Å². The van der Waals surface area contributed by atoms with Crippen LogP contribution >= 0.6 is 12.4 Å². The number of hydrazine groups is 1. The highest BCUT2D eigenvalue weighted by Crippen LogP contribution is 1.97. The largest absolute Gasteiger partial charge is 0.257 e. The molecule has 0 saturated carbocycles. The molecule has 0 bridgehead atoms. The number of nitrogens with one attached hydrogen (secondary N) is 2. The zero-order valence-corrected chi connectivity index (χ0v) is 9.60. The third kappa shape index (κ3) is 5.97. The van der Waals surface area contributed by atoms with Crippen molar-refractivity contribution in [1.29, 1.82) is 0 Å². The lowest BCUT2D eigenvalue weighted by Crippen LogP contribution is -2.38. The Morgan fingerprint density at radius 2 is 1.79 bits per heavy atom. The molecule has 1 aromatic carbocycles. The van der Waals surface area contributed by atoms with Crippen LogP contribution in [-0.2, 0) is 6.42 Å². The third-order valence-corrected chi connectivity index (χ3v) is 1.77. The first-order valence-electron chi connectivity index (χ1n) is 4.81. The van der Waals surface area contributed by atoms with Gasteiger partial charge in [0.15, 0.2) is 0 Å². The van der Waals surface area contributed by atoms with Crippen LogP contribution < -0.4 is 10.9 Å². The molecule has 80 valence electrons. The van der Waals surface area contributed by atoms with Crippen molar-refractivity contribution in [1.82, 2.24) is 10.9 Å². The van der Waals surface area contributed by atoms with E-state index in [9.17, 15) is 0 Å². The summed E-state index contributed by atoms with van der Waals surface area (Å²) in [7, 11) is 0. The Morgan fingerprint density at radius 3 is 2.36 bits per heavy atom. The summed E-state index contributed by atoms with van der Waals surface area (Å²) in [6.07, 6.45) is 1.07. The molecule has 0 atom stereocenters. The van der Waals surface area contributed by atoms with E-state index in [1.54, 1.807) is 0 Å². The van der Waals surface area contributed by atoms with E-state index < -0.39 is 0 Å². The number of hydrogen-bond donors (Lipinski definition) is 2. The van der Waals surface area contributed by atoms with E-state index in [4.69, 9.17) is 0 Å². The average molecular weight is 215 g/mol. The van der Waals surface area contributed by atoms with E-state index in [2.05, 4.69) is 49.0 Å². The van der Waals surface area contributed by atoms with Crippen LogP contribution in [0.25, 0.3) is 0 Å². The van der Waals surface area contributed by atoms with Crippen molar-refractivity contribution >= 4 is 12.4 Å². The Hall–Kier alpha value is -0.570. The SMILES string of the molecule is CC(C)NNCCc1ccccc1.Cl. The fourth-order valence-corrected chi connectivity index (χ4v) is 1.13. The van der Waals surface area contributed by atoms with Crippen molar-refractivity contribution < 1.29 is 0 Å². The molecule has 2 nitrogen and oxygen atoms in total. The van der Waals surface area contributed by atoms with Crippen molar-refractivity contribution in [3.63, 3.8) is 0 Å². The zero-order chi connectivity index (χ0) is 9.52. The smallest absolute Gasteiger partial charge is 0.0156 e. The Balaban J connectivity index is 0.00000169. The predicted molar refractivity (Wildman–Crippen MR) is 63.7 cm³/mol. The molecule has 3 heteroatoms. The molecule has 0 aliphatic heterocycles. The van der Waals surface area contributed by atoms with Crippen LogP contribution in [0.3, 0.4) is 0 Å². The summed E-state index contributed by atoms with van der Waals surface area (Å²) in [6.45, 7) is 5.22. The summed E-state index contributed by atoms with van der Waals surface area (Å²) in [5.41, 5.74) is 7.72. The lowest BCUT2D eigenvalue weighted by Gasteiger charge is -2.09. The van der Waals surface area contributed by atoms with E-state index in [-0.39, 0.29) is 12.4 Å². The first kappa shape index (κ1) is 13.4. The van der Waals surface area contributed by atoms with Crippen LogP contribution in [0.15, 0.2) is 30.3 Å². The number of halogens is 1. The predicted octanol–water partition coefficient (Wildman–Crippen LogP) is 2.15. The molecule has 0 saturated heterocycles.